The van der Waals surface area contributed by atoms with Crippen molar-refractivity contribution >= 4 is 29.3 Å². The van der Waals surface area contributed by atoms with Crippen molar-refractivity contribution in [3.05, 3.63) is 53.6 Å². The van der Waals surface area contributed by atoms with Crippen LogP contribution in [0, 0.1) is 13.8 Å². The zero-order valence-electron chi connectivity index (χ0n) is 15.7. The summed E-state index contributed by atoms with van der Waals surface area (Å²) in [6.07, 6.45) is -1.09. The van der Waals surface area contributed by atoms with E-state index >= 15 is 0 Å². The predicted molar refractivity (Wildman–Crippen MR) is 104 cm³/mol. The van der Waals surface area contributed by atoms with E-state index in [1.54, 1.807) is 6.07 Å². The van der Waals surface area contributed by atoms with Gasteiger partial charge in [0, 0.05) is 4.90 Å². The van der Waals surface area contributed by atoms with Crippen LogP contribution in [0.1, 0.15) is 18.1 Å². The minimum Gasteiger partial charge on any atom is -0.452 e. The van der Waals surface area contributed by atoms with Crippen molar-refractivity contribution in [2.24, 2.45) is 0 Å². The van der Waals surface area contributed by atoms with Crippen LogP contribution >= 0.6 is 11.8 Å². The maximum atomic E-state index is 12.4. The van der Waals surface area contributed by atoms with Gasteiger partial charge in [-0.25, -0.2) is 0 Å². The molecule has 8 heteroatoms. The SMILES string of the molecule is Cc1ccc(SCC(=O)O[C@@H](C)C(=O)Nc2ccccc2OC(F)F)c(C)c1. The first-order valence-electron chi connectivity index (χ1n) is 8.50. The number of aryl methyl sites for hydroxylation is 2. The molecule has 28 heavy (non-hydrogen) atoms. The van der Waals surface area contributed by atoms with Crippen LogP contribution in [0.3, 0.4) is 0 Å². The van der Waals surface area contributed by atoms with E-state index in [9.17, 15) is 18.4 Å². The van der Waals surface area contributed by atoms with E-state index in [2.05, 4.69) is 10.1 Å². The average molecular weight is 409 g/mol. The summed E-state index contributed by atoms with van der Waals surface area (Å²) in [4.78, 5) is 25.2. The molecular weight excluding hydrogens is 388 g/mol. The number of rotatable bonds is 8. The monoisotopic (exact) mass is 409 g/mol. The molecule has 0 aliphatic heterocycles. The number of hydrogen-bond acceptors (Lipinski definition) is 5. The molecule has 0 heterocycles. The number of halogens is 2. The lowest BCUT2D eigenvalue weighted by Gasteiger charge is -2.16. The third-order valence-electron chi connectivity index (χ3n) is 3.71. The summed E-state index contributed by atoms with van der Waals surface area (Å²) in [6.45, 7) is 2.33. The van der Waals surface area contributed by atoms with Crippen molar-refractivity contribution in [2.75, 3.05) is 11.1 Å². The van der Waals surface area contributed by atoms with Crippen LogP contribution in [-0.4, -0.2) is 30.3 Å². The molecule has 1 atom stereocenters. The molecular formula is C20H21F2NO4S. The normalized spacial score (nSPS) is 11.8. The summed E-state index contributed by atoms with van der Waals surface area (Å²) in [5, 5.41) is 2.43. The van der Waals surface area contributed by atoms with Crippen molar-refractivity contribution < 1.29 is 27.8 Å². The van der Waals surface area contributed by atoms with Crippen LogP contribution in [0.2, 0.25) is 0 Å². The highest BCUT2D eigenvalue weighted by molar-refractivity contribution is 8.00. The summed E-state index contributed by atoms with van der Waals surface area (Å²) < 4.78 is 34.4. The van der Waals surface area contributed by atoms with Crippen molar-refractivity contribution in [2.45, 2.75) is 38.4 Å². The molecule has 0 aliphatic rings. The Kier molecular flexibility index (Phi) is 7.80. The number of thioether (sulfide) groups is 1. The molecule has 0 spiro atoms. The second-order valence-electron chi connectivity index (χ2n) is 6.05. The molecule has 5 nitrogen and oxygen atoms in total. The van der Waals surface area contributed by atoms with Gasteiger partial charge in [0.05, 0.1) is 11.4 Å². The van der Waals surface area contributed by atoms with Crippen LogP contribution in [0.15, 0.2) is 47.4 Å². The molecule has 0 saturated carbocycles. The van der Waals surface area contributed by atoms with Gasteiger partial charge >= 0.3 is 12.6 Å². The Morgan fingerprint density at radius 2 is 1.86 bits per heavy atom. The first kappa shape index (κ1) is 21.7. The Morgan fingerprint density at radius 3 is 2.54 bits per heavy atom. The van der Waals surface area contributed by atoms with Gasteiger partial charge in [-0.3, -0.25) is 9.59 Å². The van der Waals surface area contributed by atoms with Gasteiger partial charge in [0.1, 0.15) is 5.75 Å². The lowest BCUT2D eigenvalue weighted by Crippen LogP contribution is -2.30. The van der Waals surface area contributed by atoms with Gasteiger partial charge in [-0.15, -0.1) is 11.8 Å². The molecule has 2 aromatic rings. The van der Waals surface area contributed by atoms with Gasteiger partial charge in [0.15, 0.2) is 6.10 Å². The molecule has 0 aromatic heterocycles. The molecule has 0 bridgehead atoms. The van der Waals surface area contributed by atoms with E-state index in [4.69, 9.17) is 4.74 Å². The lowest BCUT2D eigenvalue weighted by atomic mass is 10.2. The first-order valence-corrected chi connectivity index (χ1v) is 9.49. The van der Waals surface area contributed by atoms with Gasteiger partial charge in [0.2, 0.25) is 0 Å². The van der Waals surface area contributed by atoms with E-state index < -0.39 is 24.6 Å². The molecule has 1 amide bonds. The lowest BCUT2D eigenvalue weighted by molar-refractivity contribution is -0.150. The third-order valence-corrected chi connectivity index (χ3v) is 4.86. The Labute approximate surface area is 166 Å². The van der Waals surface area contributed by atoms with Gasteiger partial charge < -0.3 is 14.8 Å². The standard InChI is InChI=1S/C20H21F2NO4S/c1-12-8-9-17(13(2)10-12)28-11-18(24)26-14(3)19(25)23-15-6-4-5-7-16(15)27-20(21)22/h4-10,14,20H,11H2,1-3H3,(H,23,25)/t14-/m0/s1. The minimum absolute atomic E-state index is 0.0482. The van der Waals surface area contributed by atoms with E-state index in [1.165, 1.54) is 36.9 Å². The molecule has 150 valence electrons. The number of hydrogen-bond donors (Lipinski definition) is 1. The van der Waals surface area contributed by atoms with Gasteiger partial charge in [-0.2, -0.15) is 8.78 Å². The number of carbonyl (C=O) groups is 2. The maximum Gasteiger partial charge on any atom is 0.387 e. The highest BCUT2D eigenvalue weighted by atomic mass is 32.2. The van der Waals surface area contributed by atoms with Crippen molar-refractivity contribution in [1.29, 1.82) is 0 Å². The average Bonchev–Trinajstić information content (AvgIpc) is 2.62. The maximum absolute atomic E-state index is 12.4. The van der Waals surface area contributed by atoms with Crippen molar-refractivity contribution in [3.8, 4) is 5.75 Å². The number of anilines is 1. The highest BCUT2D eigenvalue weighted by Gasteiger charge is 2.20. The summed E-state index contributed by atoms with van der Waals surface area (Å²) in [7, 11) is 0. The minimum atomic E-state index is -3.02. The number of carbonyl (C=O) groups excluding carboxylic acids is 2. The second kappa shape index (κ2) is 10.1. The molecule has 0 fully saturated rings. The van der Waals surface area contributed by atoms with Gasteiger partial charge in [-0.05, 0) is 44.5 Å². The summed E-state index contributed by atoms with van der Waals surface area (Å²) in [5.41, 5.74) is 2.26. The van der Waals surface area contributed by atoms with Crippen LogP contribution < -0.4 is 10.1 Å². The van der Waals surface area contributed by atoms with E-state index in [1.807, 2.05) is 32.0 Å². The Balaban J connectivity index is 1.89. The molecule has 2 aromatic carbocycles. The summed E-state index contributed by atoms with van der Waals surface area (Å²) >= 11 is 1.32. The molecule has 0 radical (unpaired) electrons. The zero-order valence-corrected chi connectivity index (χ0v) is 16.5. The quantitative estimate of drug-likeness (QED) is 0.511. The number of amides is 1. The second-order valence-corrected chi connectivity index (χ2v) is 7.07. The number of esters is 1. The topological polar surface area (TPSA) is 64.6 Å². The summed E-state index contributed by atoms with van der Waals surface area (Å²) in [6, 6.07) is 11.7. The molecule has 0 unspecified atom stereocenters. The third kappa shape index (κ3) is 6.53. The van der Waals surface area contributed by atoms with E-state index in [0.717, 1.165) is 16.0 Å². The van der Waals surface area contributed by atoms with Crippen LogP contribution in [0.5, 0.6) is 5.75 Å². The van der Waals surface area contributed by atoms with Crippen LogP contribution in [-0.2, 0) is 14.3 Å². The zero-order chi connectivity index (χ0) is 20.7. The smallest absolute Gasteiger partial charge is 0.387 e. The van der Waals surface area contributed by atoms with Crippen LogP contribution in [0.4, 0.5) is 14.5 Å². The van der Waals surface area contributed by atoms with E-state index in [0.29, 0.717) is 0 Å². The largest absolute Gasteiger partial charge is 0.452 e. The Hall–Kier alpha value is -2.61. The molecule has 0 saturated heterocycles. The van der Waals surface area contributed by atoms with Crippen molar-refractivity contribution in [3.63, 3.8) is 0 Å². The Morgan fingerprint density at radius 1 is 1.14 bits per heavy atom. The van der Waals surface area contributed by atoms with Crippen LogP contribution in [0.25, 0.3) is 0 Å². The fraction of sp³-hybridized carbons (Fsp3) is 0.300. The number of benzene rings is 2. The molecule has 1 N–H and O–H groups in total. The predicted octanol–water partition coefficient (Wildman–Crippen LogP) is 4.57. The first-order chi connectivity index (χ1) is 13.3. The number of ether oxygens (including phenoxy) is 2. The van der Waals surface area contributed by atoms with Gasteiger partial charge in [-0.1, -0.05) is 29.8 Å². The van der Waals surface area contributed by atoms with Crippen molar-refractivity contribution in [1.82, 2.24) is 0 Å². The number of alkyl halides is 2. The fourth-order valence-corrected chi connectivity index (χ4v) is 3.18. The highest BCUT2D eigenvalue weighted by Crippen LogP contribution is 2.26. The fourth-order valence-electron chi connectivity index (χ4n) is 2.39. The summed E-state index contributed by atoms with van der Waals surface area (Å²) in [5.74, 6) is -1.32. The Bertz CT molecular complexity index is 845. The molecule has 2 rings (SSSR count). The van der Waals surface area contributed by atoms with Gasteiger partial charge in [0.25, 0.3) is 5.91 Å². The number of nitrogens with one attached hydrogen (secondary N) is 1. The van der Waals surface area contributed by atoms with E-state index in [-0.39, 0.29) is 17.2 Å². The molecule has 0 aliphatic carbocycles. The number of para-hydroxylation sites is 2.